The van der Waals surface area contributed by atoms with Gasteiger partial charge in [0.15, 0.2) is 0 Å². The zero-order chi connectivity index (χ0) is 9.57. The lowest BCUT2D eigenvalue weighted by atomic mass is 9.97. The molecule has 1 unspecified atom stereocenters. The smallest absolute Gasteiger partial charge is 0.0645 e. The first-order chi connectivity index (χ1) is 6.27. The van der Waals surface area contributed by atoms with Gasteiger partial charge in [-0.05, 0) is 32.7 Å². The van der Waals surface area contributed by atoms with Crippen molar-refractivity contribution in [2.45, 2.75) is 51.5 Å². The van der Waals surface area contributed by atoms with Crippen molar-refractivity contribution >= 4 is 0 Å². The SMILES string of the molecule is CCCOCC1(C)CCCCCN1. The molecule has 2 nitrogen and oxygen atoms in total. The van der Waals surface area contributed by atoms with E-state index in [1.54, 1.807) is 0 Å². The highest BCUT2D eigenvalue weighted by Crippen LogP contribution is 2.18. The van der Waals surface area contributed by atoms with E-state index in [4.69, 9.17) is 4.74 Å². The number of ether oxygens (including phenoxy) is 1. The second-order valence-corrected chi connectivity index (χ2v) is 4.35. The molecule has 0 spiro atoms. The summed E-state index contributed by atoms with van der Waals surface area (Å²) in [7, 11) is 0. The summed E-state index contributed by atoms with van der Waals surface area (Å²) in [4.78, 5) is 0. The predicted molar refractivity (Wildman–Crippen MR) is 56.0 cm³/mol. The Balaban J connectivity index is 2.25. The largest absolute Gasteiger partial charge is 0.380 e. The third-order valence-electron chi connectivity index (χ3n) is 2.73. The van der Waals surface area contributed by atoms with E-state index in [1.807, 2.05) is 0 Å². The molecule has 1 heterocycles. The van der Waals surface area contributed by atoms with Gasteiger partial charge < -0.3 is 10.1 Å². The van der Waals surface area contributed by atoms with Crippen molar-refractivity contribution < 1.29 is 4.74 Å². The Morgan fingerprint density at radius 2 is 2.15 bits per heavy atom. The zero-order valence-electron chi connectivity index (χ0n) is 9.07. The quantitative estimate of drug-likeness (QED) is 0.679. The van der Waals surface area contributed by atoms with Crippen molar-refractivity contribution in [3.63, 3.8) is 0 Å². The molecule has 1 saturated heterocycles. The van der Waals surface area contributed by atoms with E-state index in [9.17, 15) is 0 Å². The summed E-state index contributed by atoms with van der Waals surface area (Å²) >= 11 is 0. The summed E-state index contributed by atoms with van der Waals surface area (Å²) in [5, 5.41) is 3.59. The van der Waals surface area contributed by atoms with E-state index in [-0.39, 0.29) is 5.54 Å². The van der Waals surface area contributed by atoms with E-state index >= 15 is 0 Å². The van der Waals surface area contributed by atoms with Crippen LogP contribution in [0.3, 0.4) is 0 Å². The molecule has 1 rings (SSSR count). The van der Waals surface area contributed by atoms with Gasteiger partial charge in [0, 0.05) is 12.1 Å². The topological polar surface area (TPSA) is 21.3 Å². The van der Waals surface area contributed by atoms with Crippen molar-refractivity contribution in [2.24, 2.45) is 0 Å². The molecule has 0 aliphatic carbocycles. The molecule has 0 bridgehead atoms. The lowest BCUT2D eigenvalue weighted by Gasteiger charge is -2.29. The fraction of sp³-hybridized carbons (Fsp3) is 1.00. The number of nitrogens with one attached hydrogen (secondary N) is 1. The van der Waals surface area contributed by atoms with E-state index in [2.05, 4.69) is 19.2 Å². The van der Waals surface area contributed by atoms with Gasteiger partial charge in [-0.15, -0.1) is 0 Å². The van der Waals surface area contributed by atoms with Crippen LogP contribution in [0.1, 0.15) is 46.0 Å². The highest BCUT2D eigenvalue weighted by Gasteiger charge is 2.24. The summed E-state index contributed by atoms with van der Waals surface area (Å²) in [6.45, 7) is 7.38. The van der Waals surface area contributed by atoms with Crippen molar-refractivity contribution in [1.82, 2.24) is 5.32 Å². The van der Waals surface area contributed by atoms with Crippen LogP contribution >= 0.6 is 0 Å². The maximum atomic E-state index is 5.62. The van der Waals surface area contributed by atoms with Crippen LogP contribution in [0.5, 0.6) is 0 Å². The molecule has 0 radical (unpaired) electrons. The molecule has 13 heavy (non-hydrogen) atoms. The molecule has 0 aromatic heterocycles. The normalized spacial score (nSPS) is 30.0. The standard InChI is InChI=1S/C11H23NO/c1-3-9-13-10-11(2)7-5-4-6-8-12-11/h12H,3-10H2,1-2H3. The summed E-state index contributed by atoms with van der Waals surface area (Å²) in [5.41, 5.74) is 0.242. The molecule has 78 valence electrons. The van der Waals surface area contributed by atoms with Crippen molar-refractivity contribution in [3.05, 3.63) is 0 Å². The third-order valence-corrected chi connectivity index (χ3v) is 2.73. The Kier molecular flexibility index (Phi) is 4.74. The summed E-state index contributed by atoms with van der Waals surface area (Å²) in [6.07, 6.45) is 6.42. The van der Waals surface area contributed by atoms with Gasteiger partial charge in [0.25, 0.3) is 0 Å². The second-order valence-electron chi connectivity index (χ2n) is 4.35. The first-order valence-corrected chi connectivity index (χ1v) is 5.60. The van der Waals surface area contributed by atoms with Gasteiger partial charge in [-0.1, -0.05) is 19.8 Å². The highest BCUT2D eigenvalue weighted by atomic mass is 16.5. The van der Waals surface area contributed by atoms with Crippen LogP contribution in [-0.2, 0) is 4.74 Å². The Labute approximate surface area is 82.0 Å². The van der Waals surface area contributed by atoms with Gasteiger partial charge in [-0.3, -0.25) is 0 Å². The Morgan fingerprint density at radius 1 is 1.31 bits per heavy atom. The van der Waals surface area contributed by atoms with Gasteiger partial charge in [-0.2, -0.15) is 0 Å². The van der Waals surface area contributed by atoms with E-state index in [0.717, 1.165) is 26.2 Å². The van der Waals surface area contributed by atoms with Crippen LogP contribution < -0.4 is 5.32 Å². The van der Waals surface area contributed by atoms with Gasteiger partial charge in [0.1, 0.15) is 0 Å². The minimum atomic E-state index is 0.242. The molecule has 1 fully saturated rings. The summed E-state index contributed by atoms with van der Waals surface area (Å²) in [5.74, 6) is 0. The monoisotopic (exact) mass is 185 g/mol. The molecular formula is C11H23NO. The lowest BCUT2D eigenvalue weighted by Crippen LogP contribution is -2.45. The van der Waals surface area contributed by atoms with Crippen molar-refractivity contribution in [1.29, 1.82) is 0 Å². The number of rotatable bonds is 4. The first-order valence-electron chi connectivity index (χ1n) is 5.60. The Hall–Kier alpha value is -0.0800. The fourth-order valence-corrected chi connectivity index (χ4v) is 1.86. The maximum absolute atomic E-state index is 5.62. The first kappa shape index (κ1) is 11.0. The van der Waals surface area contributed by atoms with Gasteiger partial charge in [0.05, 0.1) is 6.61 Å². The van der Waals surface area contributed by atoms with Gasteiger partial charge >= 0.3 is 0 Å². The van der Waals surface area contributed by atoms with Crippen LogP contribution in [0, 0.1) is 0 Å². The predicted octanol–water partition coefficient (Wildman–Crippen LogP) is 2.34. The number of hydrogen-bond donors (Lipinski definition) is 1. The molecular weight excluding hydrogens is 162 g/mol. The molecule has 0 saturated carbocycles. The minimum absolute atomic E-state index is 0.242. The maximum Gasteiger partial charge on any atom is 0.0645 e. The third kappa shape index (κ3) is 4.10. The Bertz CT molecular complexity index is 128. The molecule has 0 aromatic rings. The van der Waals surface area contributed by atoms with Crippen molar-refractivity contribution in [2.75, 3.05) is 19.8 Å². The molecule has 1 atom stereocenters. The molecule has 2 heteroatoms. The van der Waals surface area contributed by atoms with Gasteiger partial charge in [-0.25, -0.2) is 0 Å². The summed E-state index contributed by atoms with van der Waals surface area (Å²) in [6, 6.07) is 0. The molecule has 1 aliphatic heterocycles. The summed E-state index contributed by atoms with van der Waals surface area (Å²) < 4.78 is 5.62. The van der Waals surface area contributed by atoms with E-state index in [0.29, 0.717) is 0 Å². The van der Waals surface area contributed by atoms with Crippen LogP contribution in [0.15, 0.2) is 0 Å². The van der Waals surface area contributed by atoms with Crippen LogP contribution in [0.2, 0.25) is 0 Å². The minimum Gasteiger partial charge on any atom is -0.380 e. The second kappa shape index (κ2) is 5.61. The molecule has 0 amide bonds. The van der Waals surface area contributed by atoms with E-state index in [1.165, 1.54) is 25.7 Å². The lowest BCUT2D eigenvalue weighted by molar-refractivity contribution is 0.0738. The average molecular weight is 185 g/mol. The number of hydrogen-bond acceptors (Lipinski definition) is 2. The van der Waals surface area contributed by atoms with Gasteiger partial charge in [0.2, 0.25) is 0 Å². The fourth-order valence-electron chi connectivity index (χ4n) is 1.86. The molecule has 0 aromatic carbocycles. The van der Waals surface area contributed by atoms with Crippen molar-refractivity contribution in [3.8, 4) is 0 Å². The highest BCUT2D eigenvalue weighted by molar-refractivity contribution is 4.84. The Morgan fingerprint density at radius 3 is 2.92 bits per heavy atom. The van der Waals surface area contributed by atoms with Crippen LogP contribution in [0.25, 0.3) is 0 Å². The van der Waals surface area contributed by atoms with Crippen LogP contribution in [-0.4, -0.2) is 25.3 Å². The van der Waals surface area contributed by atoms with Crippen LogP contribution in [0.4, 0.5) is 0 Å². The van der Waals surface area contributed by atoms with E-state index < -0.39 is 0 Å². The molecule has 1 aliphatic rings. The average Bonchev–Trinajstić information content (AvgIpc) is 2.31. The molecule has 1 N–H and O–H groups in total. The zero-order valence-corrected chi connectivity index (χ0v) is 9.07.